The van der Waals surface area contributed by atoms with Crippen molar-refractivity contribution in [1.29, 1.82) is 0 Å². The van der Waals surface area contributed by atoms with Gasteiger partial charge in [-0.1, -0.05) is 0 Å². The molecule has 0 saturated heterocycles. The molecule has 0 atom stereocenters. The molecule has 1 amide bonds. The number of fused-ring (bicyclic) bond motifs is 1. The molecule has 0 bridgehead atoms. The molecule has 1 N–H and O–H groups in total. The molecule has 0 aliphatic carbocycles. The van der Waals surface area contributed by atoms with Crippen LogP contribution in [0.5, 0.6) is 5.75 Å². The number of aromatic nitrogens is 3. The quantitative estimate of drug-likeness (QED) is 0.596. The minimum absolute atomic E-state index is 0.232. The number of anilines is 1. The fourth-order valence-corrected chi connectivity index (χ4v) is 3.09. The lowest BCUT2D eigenvalue weighted by atomic mass is 10.1. The highest BCUT2D eigenvalue weighted by atomic mass is 16.5. The molecule has 0 spiro atoms. The first-order valence-electron chi connectivity index (χ1n) is 8.40. The maximum atomic E-state index is 12.8. The second-order valence-electron chi connectivity index (χ2n) is 6.20. The Morgan fingerprint density at radius 1 is 1.22 bits per heavy atom. The Hall–Kier alpha value is -3.61. The number of nitrogens with one attached hydrogen (secondary N) is 1. The van der Waals surface area contributed by atoms with Crippen LogP contribution in [-0.2, 0) is 0 Å². The van der Waals surface area contributed by atoms with E-state index in [1.807, 2.05) is 36.6 Å². The standard InChI is InChI=1S/C20H18N4O3/c1-12-8-13(2)24-7-6-16(19(24)22-12)20(25)23-14-4-5-15(17(9-14)26-3)18-10-21-11-27-18/h4-11H,1-3H3,(H,23,25). The number of amides is 1. The van der Waals surface area contributed by atoms with Crippen molar-refractivity contribution in [2.45, 2.75) is 13.8 Å². The fourth-order valence-electron chi connectivity index (χ4n) is 3.09. The minimum atomic E-state index is -0.232. The summed E-state index contributed by atoms with van der Waals surface area (Å²) < 4.78 is 12.6. The molecule has 0 fully saturated rings. The maximum Gasteiger partial charge on any atom is 0.259 e. The molecule has 7 nitrogen and oxygen atoms in total. The zero-order chi connectivity index (χ0) is 19.0. The van der Waals surface area contributed by atoms with Crippen molar-refractivity contribution >= 4 is 17.2 Å². The van der Waals surface area contributed by atoms with Gasteiger partial charge in [0.1, 0.15) is 11.4 Å². The summed E-state index contributed by atoms with van der Waals surface area (Å²) in [4.78, 5) is 21.2. The lowest BCUT2D eigenvalue weighted by Gasteiger charge is -2.10. The summed E-state index contributed by atoms with van der Waals surface area (Å²) in [6, 6.07) is 9.10. The summed E-state index contributed by atoms with van der Waals surface area (Å²) in [6.45, 7) is 3.89. The molecule has 1 aromatic carbocycles. The summed E-state index contributed by atoms with van der Waals surface area (Å²) in [5.74, 6) is 0.943. The monoisotopic (exact) mass is 362 g/mol. The van der Waals surface area contributed by atoms with E-state index in [0.29, 0.717) is 28.4 Å². The van der Waals surface area contributed by atoms with Gasteiger partial charge in [0.05, 0.1) is 24.4 Å². The van der Waals surface area contributed by atoms with Crippen LogP contribution < -0.4 is 10.1 Å². The molecular formula is C20H18N4O3. The molecule has 27 heavy (non-hydrogen) atoms. The molecule has 0 saturated carbocycles. The number of hydrogen-bond acceptors (Lipinski definition) is 5. The van der Waals surface area contributed by atoms with E-state index in [9.17, 15) is 4.79 Å². The van der Waals surface area contributed by atoms with E-state index in [4.69, 9.17) is 9.15 Å². The highest BCUT2D eigenvalue weighted by Crippen LogP contribution is 2.32. The largest absolute Gasteiger partial charge is 0.496 e. The number of carbonyl (C=O) groups is 1. The van der Waals surface area contributed by atoms with Crippen LogP contribution in [0.4, 0.5) is 5.69 Å². The Morgan fingerprint density at radius 3 is 2.81 bits per heavy atom. The van der Waals surface area contributed by atoms with E-state index < -0.39 is 0 Å². The zero-order valence-corrected chi connectivity index (χ0v) is 15.2. The molecule has 0 unspecified atom stereocenters. The van der Waals surface area contributed by atoms with Gasteiger partial charge in [-0.3, -0.25) is 4.79 Å². The molecule has 7 heteroatoms. The lowest BCUT2D eigenvalue weighted by Crippen LogP contribution is -2.12. The summed E-state index contributed by atoms with van der Waals surface area (Å²) in [7, 11) is 1.57. The van der Waals surface area contributed by atoms with Crippen molar-refractivity contribution in [2.75, 3.05) is 12.4 Å². The minimum Gasteiger partial charge on any atom is -0.496 e. The van der Waals surface area contributed by atoms with Gasteiger partial charge in [-0.15, -0.1) is 0 Å². The summed E-state index contributed by atoms with van der Waals surface area (Å²) >= 11 is 0. The lowest BCUT2D eigenvalue weighted by molar-refractivity contribution is 0.102. The highest BCUT2D eigenvalue weighted by Gasteiger charge is 2.16. The van der Waals surface area contributed by atoms with Crippen molar-refractivity contribution in [1.82, 2.24) is 14.4 Å². The fraction of sp³-hybridized carbons (Fsp3) is 0.150. The first kappa shape index (κ1) is 16.8. The van der Waals surface area contributed by atoms with E-state index >= 15 is 0 Å². The van der Waals surface area contributed by atoms with Gasteiger partial charge in [0, 0.05) is 29.3 Å². The first-order valence-corrected chi connectivity index (χ1v) is 8.40. The number of benzene rings is 1. The van der Waals surface area contributed by atoms with Crippen molar-refractivity contribution in [3.63, 3.8) is 0 Å². The molecular weight excluding hydrogens is 344 g/mol. The molecule has 3 aromatic heterocycles. The number of ether oxygens (including phenoxy) is 1. The average molecular weight is 362 g/mol. The summed E-state index contributed by atoms with van der Waals surface area (Å²) in [5, 5.41) is 2.90. The second-order valence-corrected chi connectivity index (χ2v) is 6.20. The Labute approximate surface area is 155 Å². The van der Waals surface area contributed by atoms with Crippen LogP contribution in [0.1, 0.15) is 21.7 Å². The molecule has 0 radical (unpaired) electrons. The molecule has 4 rings (SSSR count). The average Bonchev–Trinajstić information content (AvgIpc) is 3.31. The van der Waals surface area contributed by atoms with E-state index in [0.717, 1.165) is 17.0 Å². The number of oxazole rings is 1. The summed E-state index contributed by atoms with van der Waals surface area (Å²) in [5.41, 5.74) is 4.41. The normalized spacial score (nSPS) is 10.9. The van der Waals surface area contributed by atoms with E-state index in [2.05, 4.69) is 15.3 Å². The third kappa shape index (κ3) is 3.03. The molecule has 0 aliphatic heterocycles. The predicted octanol–water partition coefficient (Wildman–Crippen LogP) is 3.87. The van der Waals surface area contributed by atoms with Crippen molar-refractivity contribution in [3.8, 4) is 17.1 Å². The van der Waals surface area contributed by atoms with Gasteiger partial charge in [0.15, 0.2) is 12.2 Å². The molecule has 3 heterocycles. The van der Waals surface area contributed by atoms with Crippen LogP contribution in [0.25, 0.3) is 17.0 Å². The Morgan fingerprint density at radius 2 is 2.07 bits per heavy atom. The third-order valence-electron chi connectivity index (χ3n) is 4.34. The summed E-state index contributed by atoms with van der Waals surface area (Å²) in [6.07, 6.45) is 4.82. The van der Waals surface area contributed by atoms with Gasteiger partial charge < -0.3 is 18.9 Å². The smallest absolute Gasteiger partial charge is 0.259 e. The maximum absolute atomic E-state index is 12.8. The number of carbonyl (C=O) groups excluding carboxylic acids is 1. The van der Waals surface area contributed by atoms with E-state index in [1.165, 1.54) is 6.39 Å². The Kier molecular flexibility index (Phi) is 4.12. The van der Waals surface area contributed by atoms with Crippen LogP contribution >= 0.6 is 0 Å². The first-order chi connectivity index (χ1) is 13.1. The van der Waals surface area contributed by atoms with Gasteiger partial charge in [-0.25, -0.2) is 9.97 Å². The van der Waals surface area contributed by atoms with Crippen LogP contribution in [0, 0.1) is 13.8 Å². The van der Waals surface area contributed by atoms with Crippen LogP contribution in [0.2, 0.25) is 0 Å². The van der Waals surface area contributed by atoms with Gasteiger partial charge in [-0.2, -0.15) is 0 Å². The zero-order valence-electron chi connectivity index (χ0n) is 15.2. The number of nitrogens with zero attached hydrogens (tertiary/aromatic N) is 3. The van der Waals surface area contributed by atoms with E-state index in [1.54, 1.807) is 31.5 Å². The molecule has 136 valence electrons. The third-order valence-corrected chi connectivity index (χ3v) is 4.34. The Bertz CT molecular complexity index is 1130. The molecule has 4 aromatic rings. The van der Waals surface area contributed by atoms with Crippen molar-refractivity contribution < 1.29 is 13.9 Å². The van der Waals surface area contributed by atoms with Crippen LogP contribution in [0.3, 0.4) is 0 Å². The van der Waals surface area contributed by atoms with Gasteiger partial charge in [0.25, 0.3) is 5.91 Å². The topological polar surface area (TPSA) is 81.7 Å². The van der Waals surface area contributed by atoms with Crippen molar-refractivity contribution in [3.05, 3.63) is 66.1 Å². The number of methoxy groups -OCH3 is 1. The van der Waals surface area contributed by atoms with Crippen LogP contribution in [-0.4, -0.2) is 27.4 Å². The number of rotatable bonds is 4. The molecule has 0 aliphatic rings. The van der Waals surface area contributed by atoms with Gasteiger partial charge in [0.2, 0.25) is 0 Å². The SMILES string of the molecule is COc1cc(NC(=O)c2ccn3c(C)cc(C)nc23)ccc1-c1cnco1. The van der Waals surface area contributed by atoms with E-state index in [-0.39, 0.29) is 5.91 Å². The Balaban J connectivity index is 1.66. The second kappa shape index (κ2) is 6.60. The highest BCUT2D eigenvalue weighted by molar-refractivity contribution is 6.08. The predicted molar refractivity (Wildman–Crippen MR) is 101 cm³/mol. The van der Waals surface area contributed by atoms with Gasteiger partial charge in [-0.05, 0) is 38.1 Å². The number of aryl methyl sites for hydroxylation is 2. The van der Waals surface area contributed by atoms with Crippen molar-refractivity contribution in [2.24, 2.45) is 0 Å². The van der Waals surface area contributed by atoms with Crippen LogP contribution in [0.15, 0.2) is 53.5 Å². The van der Waals surface area contributed by atoms with Gasteiger partial charge >= 0.3 is 0 Å². The number of hydrogen-bond donors (Lipinski definition) is 1.